The molecule has 0 aromatic carbocycles. The minimum atomic E-state index is 0. The van der Waals surface area contributed by atoms with E-state index in [0.29, 0.717) is 11.9 Å². The van der Waals surface area contributed by atoms with Gasteiger partial charge >= 0.3 is 0 Å². The monoisotopic (exact) mass is 264 g/mol. The van der Waals surface area contributed by atoms with Crippen LogP contribution in [0, 0.1) is 5.92 Å². The molecule has 0 saturated carbocycles. The van der Waals surface area contributed by atoms with Crippen molar-refractivity contribution in [2.45, 2.75) is 25.3 Å². The lowest BCUT2D eigenvalue weighted by Crippen LogP contribution is -2.45. The number of hydrogen-bond acceptors (Lipinski definition) is 3. The van der Waals surface area contributed by atoms with Gasteiger partial charge in [-0.15, -0.1) is 12.4 Å². The number of carbonyl (C=O) groups is 1. The molecular formula is C11H21ClN2OS. The van der Waals surface area contributed by atoms with Crippen molar-refractivity contribution in [2.75, 3.05) is 31.6 Å². The molecule has 0 radical (unpaired) electrons. The molecule has 3 nitrogen and oxygen atoms in total. The van der Waals surface area contributed by atoms with Crippen LogP contribution in [0.1, 0.15) is 19.3 Å². The predicted molar refractivity (Wildman–Crippen MR) is 71.3 cm³/mol. The lowest BCUT2D eigenvalue weighted by atomic mass is 9.97. The zero-order valence-corrected chi connectivity index (χ0v) is 11.4. The summed E-state index contributed by atoms with van der Waals surface area (Å²) in [7, 11) is 1.98. The van der Waals surface area contributed by atoms with E-state index in [-0.39, 0.29) is 18.3 Å². The third kappa shape index (κ3) is 3.28. The average Bonchev–Trinajstić information content (AvgIpc) is 2.82. The normalized spacial score (nSPS) is 29.6. The molecule has 94 valence electrons. The number of nitrogens with one attached hydrogen (secondary N) is 1. The zero-order chi connectivity index (χ0) is 10.7. The van der Waals surface area contributed by atoms with Crippen LogP contribution >= 0.6 is 24.2 Å². The van der Waals surface area contributed by atoms with Crippen LogP contribution < -0.4 is 5.32 Å². The van der Waals surface area contributed by atoms with E-state index in [0.717, 1.165) is 31.7 Å². The van der Waals surface area contributed by atoms with E-state index in [1.54, 1.807) is 0 Å². The van der Waals surface area contributed by atoms with Crippen LogP contribution in [-0.2, 0) is 4.79 Å². The van der Waals surface area contributed by atoms with Crippen molar-refractivity contribution in [3.63, 3.8) is 0 Å². The smallest absolute Gasteiger partial charge is 0.226 e. The lowest BCUT2D eigenvalue weighted by molar-refractivity contribution is -0.136. The molecule has 2 rings (SSSR count). The molecule has 5 heteroatoms. The van der Waals surface area contributed by atoms with E-state index in [1.807, 2.05) is 23.7 Å². The number of piperidine rings is 1. The Kier molecular flexibility index (Phi) is 5.94. The standard InChI is InChI=1S/C11H20N2OS.ClH/c1-13(10-4-6-15-8-10)11(14)9-3-2-5-12-7-9;/h9-10,12H,2-8H2,1H3;1H. The van der Waals surface area contributed by atoms with Crippen molar-refractivity contribution in [2.24, 2.45) is 5.92 Å². The molecule has 2 fully saturated rings. The van der Waals surface area contributed by atoms with Gasteiger partial charge in [0.2, 0.25) is 5.91 Å². The Labute approximate surface area is 108 Å². The van der Waals surface area contributed by atoms with Crippen LogP contribution in [0.25, 0.3) is 0 Å². The Bertz CT molecular complexity index is 228. The van der Waals surface area contributed by atoms with Gasteiger partial charge in [0.05, 0.1) is 5.92 Å². The Morgan fingerprint density at radius 2 is 2.25 bits per heavy atom. The molecule has 2 aliphatic rings. The van der Waals surface area contributed by atoms with Gasteiger partial charge in [-0.3, -0.25) is 4.79 Å². The molecule has 2 unspecified atom stereocenters. The number of hydrogen-bond donors (Lipinski definition) is 1. The third-order valence-corrected chi connectivity index (χ3v) is 4.59. The van der Waals surface area contributed by atoms with Gasteiger partial charge in [0.1, 0.15) is 0 Å². The van der Waals surface area contributed by atoms with Gasteiger partial charge in [0.15, 0.2) is 0 Å². The second-order valence-electron chi connectivity index (χ2n) is 4.51. The minimum Gasteiger partial charge on any atom is -0.342 e. The topological polar surface area (TPSA) is 32.3 Å². The Balaban J connectivity index is 0.00000128. The van der Waals surface area contributed by atoms with Crippen LogP contribution in [-0.4, -0.2) is 48.5 Å². The van der Waals surface area contributed by atoms with E-state index >= 15 is 0 Å². The average molecular weight is 265 g/mol. The highest BCUT2D eigenvalue weighted by molar-refractivity contribution is 7.99. The van der Waals surface area contributed by atoms with Gasteiger partial charge in [0.25, 0.3) is 0 Å². The maximum atomic E-state index is 12.2. The van der Waals surface area contributed by atoms with Gasteiger partial charge in [-0.25, -0.2) is 0 Å². The fourth-order valence-corrected chi connectivity index (χ4v) is 3.63. The van der Waals surface area contributed by atoms with Crippen molar-refractivity contribution in [3.8, 4) is 0 Å². The summed E-state index contributed by atoms with van der Waals surface area (Å²) < 4.78 is 0. The first kappa shape index (κ1) is 14.1. The maximum Gasteiger partial charge on any atom is 0.226 e. The summed E-state index contributed by atoms with van der Waals surface area (Å²) in [4.78, 5) is 14.2. The van der Waals surface area contributed by atoms with E-state index in [2.05, 4.69) is 5.32 Å². The molecule has 2 saturated heterocycles. The van der Waals surface area contributed by atoms with Crippen LogP contribution in [0.5, 0.6) is 0 Å². The molecular weight excluding hydrogens is 244 g/mol. The van der Waals surface area contributed by atoms with E-state index in [9.17, 15) is 4.79 Å². The van der Waals surface area contributed by atoms with Gasteiger partial charge in [-0.05, 0) is 31.6 Å². The van der Waals surface area contributed by atoms with Crippen molar-refractivity contribution < 1.29 is 4.79 Å². The van der Waals surface area contributed by atoms with Gasteiger partial charge in [0, 0.05) is 25.4 Å². The molecule has 1 amide bonds. The highest BCUT2D eigenvalue weighted by Crippen LogP contribution is 2.23. The molecule has 0 aromatic heterocycles. The second kappa shape index (κ2) is 6.72. The van der Waals surface area contributed by atoms with E-state index in [1.165, 1.54) is 12.2 Å². The quantitative estimate of drug-likeness (QED) is 0.818. The first-order valence-electron chi connectivity index (χ1n) is 5.84. The molecule has 0 bridgehead atoms. The summed E-state index contributed by atoms with van der Waals surface area (Å²) in [5.74, 6) is 2.93. The fourth-order valence-electron chi connectivity index (χ4n) is 2.36. The number of halogens is 1. The maximum absolute atomic E-state index is 12.2. The molecule has 2 atom stereocenters. The molecule has 0 spiro atoms. The van der Waals surface area contributed by atoms with Crippen molar-refractivity contribution in [3.05, 3.63) is 0 Å². The second-order valence-corrected chi connectivity index (χ2v) is 5.66. The molecule has 1 N–H and O–H groups in total. The SMILES string of the molecule is CN(C(=O)C1CCCNC1)C1CCSC1.Cl. The van der Waals surface area contributed by atoms with Gasteiger partial charge in [-0.1, -0.05) is 0 Å². The highest BCUT2D eigenvalue weighted by Gasteiger charge is 2.29. The zero-order valence-electron chi connectivity index (χ0n) is 9.78. The van der Waals surface area contributed by atoms with Crippen LogP contribution in [0.2, 0.25) is 0 Å². The summed E-state index contributed by atoms with van der Waals surface area (Å²) in [6.45, 7) is 1.95. The molecule has 2 heterocycles. The van der Waals surface area contributed by atoms with Crippen LogP contribution in [0.4, 0.5) is 0 Å². The number of nitrogens with zero attached hydrogens (tertiary/aromatic N) is 1. The summed E-state index contributed by atoms with van der Waals surface area (Å²) in [5, 5.41) is 3.31. The largest absolute Gasteiger partial charge is 0.342 e. The van der Waals surface area contributed by atoms with Gasteiger partial charge in [-0.2, -0.15) is 11.8 Å². The Morgan fingerprint density at radius 3 is 2.81 bits per heavy atom. The van der Waals surface area contributed by atoms with E-state index < -0.39 is 0 Å². The first-order chi connectivity index (χ1) is 7.29. The summed E-state index contributed by atoms with van der Waals surface area (Å²) in [6, 6.07) is 0.490. The molecule has 0 aliphatic carbocycles. The van der Waals surface area contributed by atoms with Crippen LogP contribution in [0.15, 0.2) is 0 Å². The Morgan fingerprint density at radius 1 is 1.44 bits per heavy atom. The van der Waals surface area contributed by atoms with Crippen LogP contribution in [0.3, 0.4) is 0 Å². The summed E-state index contributed by atoms with van der Waals surface area (Å²) in [5.41, 5.74) is 0. The summed E-state index contributed by atoms with van der Waals surface area (Å²) >= 11 is 1.97. The number of amides is 1. The van der Waals surface area contributed by atoms with E-state index in [4.69, 9.17) is 0 Å². The highest BCUT2D eigenvalue weighted by atomic mass is 35.5. The van der Waals surface area contributed by atoms with Crippen molar-refractivity contribution in [1.29, 1.82) is 0 Å². The van der Waals surface area contributed by atoms with Gasteiger partial charge < -0.3 is 10.2 Å². The third-order valence-electron chi connectivity index (χ3n) is 3.45. The fraction of sp³-hybridized carbons (Fsp3) is 0.909. The molecule has 16 heavy (non-hydrogen) atoms. The predicted octanol–water partition coefficient (Wildman–Crippen LogP) is 1.37. The first-order valence-corrected chi connectivity index (χ1v) is 6.99. The Hall–Kier alpha value is 0.0700. The molecule has 2 aliphatic heterocycles. The number of thioether (sulfide) groups is 1. The number of rotatable bonds is 2. The number of carbonyl (C=O) groups excluding carboxylic acids is 1. The summed E-state index contributed by atoms with van der Waals surface area (Å²) in [6.07, 6.45) is 3.38. The lowest BCUT2D eigenvalue weighted by Gasteiger charge is -2.30. The van der Waals surface area contributed by atoms with Crippen molar-refractivity contribution >= 4 is 30.1 Å². The van der Waals surface area contributed by atoms with Crippen molar-refractivity contribution in [1.82, 2.24) is 10.2 Å². The molecule has 0 aromatic rings. The minimum absolute atomic E-state index is 0.